The SMILES string of the molecule is O=C(NCc1ccc(-c2ccccc2OS(F)(F)F)nc1)[C@H](O)[C@@H](O)C(=O)N1CCCC1c1cccc(Cl)c1. The number of amides is 2. The first-order chi connectivity index (χ1) is 18.5. The van der Waals surface area contributed by atoms with E-state index in [4.69, 9.17) is 11.6 Å². The Kier molecular flexibility index (Phi) is 9.01. The molecule has 1 aliphatic heterocycles. The van der Waals surface area contributed by atoms with E-state index in [0.29, 0.717) is 30.0 Å². The molecule has 0 aliphatic carbocycles. The van der Waals surface area contributed by atoms with Crippen LogP contribution in [0, 0.1) is 0 Å². The van der Waals surface area contributed by atoms with Gasteiger partial charge in [-0.3, -0.25) is 14.6 Å². The van der Waals surface area contributed by atoms with Crippen LogP contribution in [0.4, 0.5) is 11.7 Å². The third-order valence-corrected chi connectivity index (χ3v) is 6.83. The highest BCUT2D eigenvalue weighted by Crippen LogP contribution is 2.55. The Bertz CT molecular complexity index is 1330. The van der Waals surface area contributed by atoms with Gasteiger partial charge >= 0.3 is 11.5 Å². The third-order valence-electron chi connectivity index (χ3n) is 6.23. The van der Waals surface area contributed by atoms with Gasteiger partial charge in [0.1, 0.15) is 0 Å². The van der Waals surface area contributed by atoms with Crippen LogP contribution in [-0.4, -0.2) is 50.7 Å². The second-order valence-corrected chi connectivity index (χ2v) is 10.2. The molecule has 2 amide bonds. The first-order valence-electron chi connectivity index (χ1n) is 11.9. The monoisotopic (exact) mass is 583 g/mol. The van der Waals surface area contributed by atoms with Crippen LogP contribution in [0.25, 0.3) is 11.3 Å². The normalized spacial score (nSPS) is 17.4. The Balaban J connectivity index is 1.36. The molecule has 1 aliphatic rings. The van der Waals surface area contributed by atoms with Gasteiger partial charge in [0.15, 0.2) is 18.0 Å². The van der Waals surface area contributed by atoms with Gasteiger partial charge in [-0.15, -0.1) is 0 Å². The summed E-state index contributed by atoms with van der Waals surface area (Å²) in [5.74, 6) is -2.11. The standard InChI is InChI=1S/C26H25ClF3N3O5S/c27-18-6-3-5-17(13-18)21-8-4-12-33(21)26(37)24(35)23(34)25(36)32-15-16-10-11-20(31-14-16)19-7-1-2-9-22(19)38-39(28,29)30/h1-3,5-7,9-11,13-14,21,23-24,34-35H,4,8,12,15H2,(H,32,36)/t21?,23-,24-/m1/s1. The van der Waals surface area contributed by atoms with Gasteiger partial charge in [-0.25, -0.2) is 0 Å². The highest BCUT2D eigenvalue weighted by atomic mass is 35.5. The summed E-state index contributed by atoms with van der Waals surface area (Å²) >= 11 is 0.332. The second-order valence-electron chi connectivity index (χ2n) is 8.85. The average molecular weight is 584 g/mol. The van der Waals surface area contributed by atoms with Crippen LogP contribution in [0.1, 0.15) is 30.0 Å². The first-order valence-corrected chi connectivity index (χ1v) is 13.5. The van der Waals surface area contributed by atoms with Crippen LogP contribution in [0.15, 0.2) is 66.9 Å². The second kappa shape index (κ2) is 12.2. The molecule has 8 nitrogen and oxygen atoms in total. The van der Waals surface area contributed by atoms with Gasteiger partial charge in [0, 0.05) is 29.9 Å². The molecule has 3 N–H and O–H groups in total. The molecule has 0 bridgehead atoms. The third kappa shape index (κ3) is 7.21. The molecule has 208 valence electrons. The summed E-state index contributed by atoms with van der Waals surface area (Å²) in [7, 11) is 0. The number of aliphatic hydroxyl groups is 2. The zero-order valence-corrected chi connectivity index (χ0v) is 21.9. The quantitative estimate of drug-likeness (QED) is 0.332. The summed E-state index contributed by atoms with van der Waals surface area (Å²) < 4.78 is 42.5. The minimum Gasteiger partial charge on any atom is -0.380 e. The lowest BCUT2D eigenvalue weighted by molar-refractivity contribution is -0.153. The topological polar surface area (TPSA) is 112 Å². The van der Waals surface area contributed by atoms with Gasteiger partial charge in [0.25, 0.3) is 11.8 Å². The van der Waals surface area contributed by atoms with Crippen molar-refractivity contribution in [1.29, 1.82) is 0 Å². The van der Waals surface area contributed by atoms with Crippen LogP contribution in [-0.2, 0) is 16.1 Å². The number of benzene rings is 2. The minimum absolute atomic E-state index is 0.107. The molecule has 0 spiro atoms. The number of likely N-dealkylation sites (tertiary alicyclic amines) is 1. The first kappa shape index (κ1) is 28.7. The van der Waals surface area contributed by atoms with Gasteiger partial charge in [-0.1, -0.05) is 53.6 Å². The van der Waals surface area contributed by atoms with Crippen molar-refractivity contribution in [3.05, 3.63) is 83.0 Å². The number of nitrogens with one attached hydrogen (secondary N) is 1. The molecule has 2 heterocycles. The van der Waals surface area contributed by atoms with Crippen molar-refractivity contribution >= 4 is 34.9 Å². The van der Waals surface area contributed by atoms with E-state index in [2.05, 4.69) is 14.5 Å². The summed E-state index contributed by atoms with van der Waals surface area (Å²) in [5, 5.41) is 23.8. The molecule has 1 aromatic heterocycles. The van der Waals surface area contributed by atoms with Gasteiger partial charge in [0.05, 0.1) is 11.7 Å². The van der Waals surface area contributed by atoms with E-state index in [0.717, 1.165) is 5.56 Å². The van der Waals surface area contributed by atoms with Crippen molar-refractivity contribution in [1.82, 2.24) is 15.2 Å². The van der Waals surface area contributed by atoms with Crippen molar-refractivity contribution < 1.29 is 35.6 Å². The number of nitrogens with zero attached hydrogens (tertiary/aromatic N) is 2. The fraction of sp³-hybridized carbons (Fsp3) is 0.269. The number of halogens is 4. The summed E-state index contributed by atoms with van der Waals surface area (Å²) in [6, 6.07) is 15.3. The number of hydrogen-bond donors (Lipinski definition) is 3. The van der Waals surface area contributed by atoms with E-state index < -0.39 is 35.5 Å². The molecule has 39 heavy (non-hydrogen) atoms. The summed E-state index contributed by atoms with van der Waals surface area (Å²) in [4.78, 5) is 31.0. The van der Waals surface area contributed by atoms with Crippen LogP contribution in [0.2, 0.25) is 5.02 Å². The van der Waals surface area contributed by atoms with Gasteiger partial charge in [0.2, 0.25) is 0 Å². The number of pyridine rings is 1. The zero-order chi connectivity index (χ0) is 28.2. The lowest BCUT2D eigenvalue weighted by Gasteiger charge is -2.28. The van der Waals surface area contributed by atoms with Gasteiger partial charge in [-0.05, 0) is 54.3 Å². The smallest absolute Gasteiger partial charge is 0.380 e. The largest absolute Gasteiger partial charge is 0.391 e. The Morgan fingerprint density at radius 3 is 2.56 bits per heavy atom. The molecule has 4 rings (SSSR count). The number of para-hydroxylation sites is 1. The summed E-state index contributed by atoms with van der Waals surface area (Å²) in [6.07, 6.45) is -1.30. The van der Waals surface area contributed by atoms with E-state index in [1.54, 1.807) is 24.3 Å². The number of carbonyl (C=O) groups is 2. The maximum Gasteiger partial charge on any atom is 0.391 e. The predicted molar refractivity (Wildman–Crippen MR) is 140 cm³/mol. The van der Waals surface area contributed by atoms with Crippen LogP contribution < -0.4 is 9.50 Å². The lowest BCUT2D eigenvalue weighted by Crippen LogP contribution is -2.50. The lowest BCUT2D eigenvalue weighted by atomic mass is 10.0. The number of carbonyl (C=O) groups excluding carboxylic acids is 2. The number of hydrogen-bond acceptors (Lipinski definition) is 6. The van der Waals surface area contributed by atoms with Crippen molar-refractivity contribution in [3.63, 3.8) is 0 Å². The fourth-order valence-electron chi connectivity index (χ4n) is 4.37. The van der Waals surface area contributed by atoms with Crippen molar-refractivity contribution in [3.8, 4) is 17.0 Å². The van der Waals surface area contributed by atoms with Crippen LogP contribution in [0.3, 0.4) is 0 Å². The molecule has 1 fully saturated rings. The maximum atomic E-state index is 12.9. The van der Waals surface area contributed by atoms with Gasteiger partial charge in [-0.2, -0.15) is 0 Å². The van der Waals surface area contributed by atoms with Crippen molar-refractivity contribution in [2.75, 3.05) is 6.54 Å². The highest BCUT2D eigenvalue weighted by molar-refractivity contribution is 8.17. The maximum absolute atomic E-state index is 12.9. The molecule has 0 radical (unpaired) electrons. The highest BCUT2D eigenvalue weighted by Gasteiger charge is 2.38. The van der Waals surface area contributed by atoms with E-state index in [9.17, 15) is 31.5 Å². The molecule has 0 saturated carbocycles. The molecule has 3 aromatic rings. The Hall–Kier alpha value is -3.32. The Labute approximate surface area is 229 Å². The zero-order valence-electron chi connectivity index (χ0n) is 20.3. The molecule has 13 heteroatoms. The van der Waals surface area contributed by atoms with E-state index in [1.807, 2.05) is 6.07 Å². The van der Waals surface area contributed by atoms with Crippen molar-refractivity contribution in [2.24, 2.45) is 0 Å². The molecule has 1 unspecified atom stereocenters. The Morgan fingerprint density at radius 2 is 1.87 bits per heavy atom. The minimum atomic E-state index is -5.73. The summed E-state index contributed by atoms with van der Waals surface area (Å²) in [6.45, 7) is 0.252. The van der Waals surface area contributed by atoms with Crippen LogP contribution in [0.5, 0.6) is 5.75 Å². The van der Waals surface area contributed by atoms with Crippen molar-refractivity contribution in [2.45, 2.75) is 37.6 Å². The van der Waals surface area contributed by atoms with E-state index >= 15 is 0 Å². The van der Waals surface area contributed by atoms with E-state index in [-0.39, 0.29) is 29.6 Å². The van der Waals surface area contributed by atoms with E-state index in [1.165, 1.54) is 41.4 Å². The number of rotatable bonds is 9. The fourth-order valence-corrected chi connectivity index (χ4v) is 4.92. The molecule has 3 atom stereocenters. The number of aromatic nitrogens is 1. The average Bonchev–Trinajstić information content (AvgIpc) is 3.40. The van der Waals surface area contributed by atoms with Gasteiger partial charge < -0.3 is 24.6 Å². The summed E-state index contributed by atoms with van der Waals surface area (Å²) in [5.41, 5.74) is 1.64. The van der Waals surface area contributed by atoms with Crippen LogP contribution >= 0.6 is 23.1 Å². The number of aliphatic hydroxyl groups excluding tert-OH is 2. The molecular weight excluding hydrogens is 559 g/mol. The molecule has 1 saturated heterocycles. The molecular formula is C26H25ClF3N3O5S. The molecule has 2 aromatic carbocycles. The predicted octanol–water partition coefficient (Wildman–Crippen LogP) is 4.86. The Morgan fingerprint density at radius 1 is 1.10 bits per heavy atom.